The Balaban J connectivity index is 3.16. The van der Waals surface area contributed by atoms with E-state index in [1.165, 1.54) is 14.7 Å². The zero-order chi connectivity index (χ0) is 34.4. The van der Waals surface area contributed by atoms with Gasteiger partial charge in [-0.1, -0.05) is 6.42 Å². The molecule has 0 atom stereocenters. The smallest absolute Gasteiger partial charge is 0.410 e. The molecule has 0 aliphatic carbocycles. The van der Waals surface area contributed by atoms with Gasteiger partial charge in [-0.15, -0.1) is 0 Å². The maximum absolute atomic E-state index is 13.2. The lowest BCUT2D eigenvalue weighted by molar-refractivity contribution is -0.137. The third kappa shape index (κ3) is 19.0. The summed E-state index contributed by atoms with van der Waals surface area (Å²) in [6, 6.07) is 0. The Morgan fingerprint density at radius 3 is 1.27 bits per heavy atom. The maximum Gasteiger partial charge on any atom is 0.410 e. The Kier molecular flexibility index (Phi) is 15.9. The summed E-state index contributed by atoms with van der Waals surface area (Å²) in [5.41, 5.74) is -2.21. The number of carboxylic acids is 1. The second kappa shape index (κ2) is 18.0. The van der Waals surface area contributed by atoms with E-state index >= 15 is 0 Å². The van der Waals surface area contributed by atoms with Gasteiger partial charge in [0.1, 0.15) is 16.8 Å². The van der Waals surface area contributed by atoms with Gasteiger partial charge in [0.25, 0.3) is 0 Å². The summed E-state index contributed by atoms with van der Waals surface area (Å²) in [4.78, 5) is 69.4. The molecule has 0 aromatic heterocycles. The Bertz CT molecular complexity index is 941. The Morgan fingerprint density at radius 2 is 0.933 bits per heavy atom. The summed E-state index contributed by atoms with van der Waals surface area (Å²) in [5, 5.41) is 11.7. The van der Waals surface area contributed by atoms with Crippen molar-refractivity contribution in [2.24, 2.45) is 0 Å². The summed E-state index contributed by atoms with van der Waals surface area (Å²) >= 11 is 0. The number of carbonyl (C=O) groups excluding carboxylic acids is 4. The molecule has 0 radical (unpaired) electrons. The number of nitrogens with zero attached hydrogens (tertiary/aromatic N) is 4. The van der Waals surface area contributed by atoms with Gasteiger partial charge in [-0.25, -0.2) is 14.4 Å². The highest BCUT2D eigenvalue weighted by Crippen LogP contribution is 2.15. The van der Waals surface area contributed by atoms with Crippen molar-refractivity contribution in [3.05, 3.63) is 0 Å². The third-order valence-electron chi connectivity index (χ3n) is 6.36. The molecule has 4 amide bonds. The molecular formula is C31H57N5O9. The van der Waals surface area contributed by atoms with Crippen LogP contribution in [0.2, 0.25) is 0 Å². The fourth-order valence-corrected chi connectivity index (χ4v) is 4.20. The standard InChI is InChI=1S/C31H57N5O9/c1-29(2,3)43-26(40)34-17-15-33(23-24(37)32-14-12-10-11-13-25(38)39)16-18-35(27(41)44-30(4,5)6)20-22-36(21-19-34)28(42)45-31(7,8)9/h10-23H2,1-9H3,(H,32,37)(H,38,39). The van der Waals surface area contributed by atoms with Gasteiger partial charge in [-0.05, 0) is 75.2 Å². The highest BCUT2D eigenvalue weighted by Gasteiger charge is 2.29. The van der Waals surface area contributed by atoms with E-state index in [0.29, 0.717) is 38.9 Å². The van der Waals surface area contributed by atoms with Crippen LogP contribution >= 0.6 is 0 Å². The number of ether oxygens (including phenoxy) is 3. The first-order valence-corrected chi connectivity index (χ1v) is 15.8. The topological polar surface area (TPSA) is 158 Å². The van der Waals surface area contributed by atoms with Gasteiger partial charge in [-0.2, -0.15) is 0 Å². The highest BCUT2D eigenvalue weighted by atomic mass is 16.6. The average Bonchev–Trinajstić information content (AvgIpc) is 2.84. The van der Waals surface area contributed by atoms with Gasteiger partial charge < -0.3 is 39.3 Å². The van der Waals surface area contributed by atoms with Gasteiger partial charge in [0.05, 0.1) is 6.54 Å². The zero-order valence-corrected chi connectivity index (χ0v) is 28.9. The SMILES string of the molecule is CC(C)(C)OC(=O)N1CCN(CC(=O)NCCCCCC(=O)O)CCN(C(=O)OC(C)(C)C)CCN(C(=O)OC(C)(C)C)CC1. The van der Waals surface area contributed by atoms with Crippen molar-refractivity contribution in [2.75, 3.05) is 65.4 Å². The second-order valence-corrected chi connectivity index (χ2v) is 14.2. The lowest BCUT2D eigenvalue weighted by atomic mass is 10.2. The van der Waals surface area contributed by atoms with E-state index in [4.69, 9.17) is 19.3 Å². The van der Waals surface area contributed by atoms with Crippen LogP contribution in [-0.4, -0.2) is 137 Å². The first-order chi connectivity index (χ1) is 20.6. The Hall–Kier alpha value is -3.29. The van der Waals surface area contributed by atoms with Crippen molar-refractivity contribution in [3.63, 3.8) is 0 Å². The van der Waals surface area contributed by atoms with E-state index in [-0.39, 0.29) is 58.1 Å². The molecule has 1 saturated heterocycles. The molecule has 0 aromatic carbocycles. The normalized spacial score (nSPS) is 16.2. The molecule has 0 aromatic rings. The molecular weight excluding hydrogens is 586 g/mol. The number of hydrogen-bond donors (Lipinski definition) is 2. The van der Waals surface area contributed by atoms with E-state index in [2.05, 4.69) is 5.32 Å². The van der Waals surface area contributed by atoms with Gasteiger partial charge in [0, 0.05) is 65.3 Å². The highest BCUT2D eigenvalue weighted by molar-refractivity contribution is 5.78. The van der Waals surface area contributed by atoms with Crippen LogP contribution in [0.4, 0.5) is 14.4 Å². The Morgan fingerprint density at radius 1 is 0.578 bits per heavy atom. The molecule has 1 rings (SSSR count). The van der Waals surface area contributed by atoms with Crippen LogP contribution in [0, 0.1) is 0 Å². The van der Waals surface area contributed by atoms with Crippen LogP contribution in [0.1, 0.15) is 88.0 Å². The number of carbonyl (C=O) groups is 5. The summed E-state index contributed by atoms with van der Waals surface area (Å²) in [6.07, 6.45) is 0.352. The minimum absolute atomic E-state index is 0.0312. The molecule has 0 spiro atoms. The summed E-state index contributed by atoms with van der Waals surface area (Å²) < 4.78 is 16.9. The fourth-order valence-electron chi connectivity index (χ4n) is 4.20. The number of carboxylic acid groups (broad SMARTS) is 1. The molecule has 2 N–H and O–H groups in total. The van der Waals surface area contributed by atoms with Gasteiger partial charge >= 0.3 is 24.2 Å². The summed E-state index contributed by atoms with van der Waals surface area (Å²) in [6.45, 7) is 18.0. The van der Waals surface area contributed by atoms with Gasteiger partial charge in [0.2, 0.25) is 5.91 Å². The largest absolute Gasteiger partial charge is 0.481 e. The molecule has 1 aliphatic heterocycles. The minimum Gasteiger partial charge on any atom is -0.481 e. The van der Waals surface area contributed by atoms with Crippen LogP contribution in [0.15, 0.2) is 0 Å². The first kappa shape index (κ1) is 39.7. The molecule has 14 nitrogen and oxygen atoms in total. The van der Waals surface area contributed by atoms with E-state index in [1.54, 1.807) is 62.3 Å². The molecule has 0 bridgehead atoms. The van der Waals surface area contributed by atoms with Crippen molar-refractivity contribution in [1.29, 1.82) is 0 Å². The predicted molar refractivity (Wildman–Crippen MR) is 169 cm³/mol. The molecule has 14 heteroatoms. The number of aliphatic carboxylic acids is 1. The molecule has 45 heavy (non-hydrogen) atoms. The van der Waals surface area contributed by atoms with Crippen LogP contribution in [-0.2, 0) is 23.8 Å². The summed E-state index contributed by atoms with van der Waals surface area (Å²) in [5.74, 6) is -1.06. The lowest BCUT2D eigenvalue weighted by Gasteiger charge is -2.35. The molecule has 1 aliphatic rings. The van der Waals surface area contributed by atoms with Gasteiger partial charge in [0.15, 0.2) is 0 Å². The van der Waals surface area contributed by atoms with E-state index in [1.807, 2.05) is 4.90 Å². The van der Waals surface area contributed by atoms with Crippen LogP contribution in [0.5, 0.6) is 0 Å². The number of hydrogen-bond acceptors (Lipinski definition) is 9. The zero-order valence-electron chi connectivity index (χ0n) is 28.9. The van der Waals surface area contributed by atoms with Crippen molar-refractivity contribution in [3.8, 4) is 0 Å². The Labute approximate surface area is 268 Å². The van der Waals surface area contributed by atoms with Crippen LogP contribution < -0.4 is 5.32 Å². The number of nitrogens with one attached hydrogen (secondary N) is 1. The van der Waals surface area contributed by atoms with Crippen molar-refractivity contribution in [1.82, 2.24) is 24.9 Å². The van der Waals surface area contributed by atoms with Crippen LogP contribution in [0.25, 0.3) is 0 Å². The second-order valence-electron chi connectivity index (χ2n) is 14.2. The van der Waals surface area contributed by atoms with E-state index in [9.17, 15) is 24.0 Å². The number of rotatable bonds is 8. The monoisotopic (exact) mass is 643 g/mol. The number of amides is 4. The van der Waals surface area contributed by atoms with E-state index in [0.717, 1.165) is 0 Å². The fraction of sp³-hybridized carbons (Fsp3) is 0.839. The maximum atomic E-state index is 13.2. The average molecular weight is 644 g/mol. The van der Waals surface area contributed by atoms with Gasteiger partial charge in [-0.3, -0.25) is 14.5 Å². The quantitative estimate of drug-likeness (QED) is 0.295. The van der Waals surface area contributed by atoms with Crippen molar-refractivity contribution >= 4 is 30.2 Å². The first-order valence-electron chi connectivity index (χ1n) is 15.8. The number of unbranched alkanes of at least 4 members (excludes halogenated alkanes) is 2. The molecule has 260 valence electrons. The lowest BCUT2D eigenvalue weighted by Crippen LogP contribution is -2.52. The molecule has 0 saturated carbocycles. The molecule has 1 fully saturated rings. The van der Waals surface area contributed by atoms with Crippen molar-refractivity contribution < 1.29 is 43.3 Å². The van der Waals surface area contributed by atoms with Crippen LogP contribution in [0.3, 0.4) is 0 Å². The minimum atomic E-state index is -0.840. The predicted octanol–water partition coefficient (Wildman–Crippen LogP) is 3.77. The molecule has 1 heterocycles. The van der Waals surface area contributed by atoms with E-state index < -0.39 is 41.1 Å². The third-order valence-corrected chi connectivity index (χ3v) is 6.36. The summed E-state index contributed by atoms with van der Waals surface area (Å²) in [7, 11) is 0. The van der Waals surface area contributed by atoms with Crippen molar-refractivity contribution in [2.45, 2.75) is 105 Å². The molecule has 0 unspecified atom stereocenters.